The van der Waals surface area contributed by atoms with Crippen molar-refractivity contribution >= 4 is 17.7 Å². The monoisotopic (exact) mass is 265 g/mol. The van der Waals surface area contributed by atoms with E-state index in [1.165, 1.54) is 4.90 Å². The van der Waals surface area contributed by atoms with Gasteiger partial charge in [-0.1, -0.05) is 0 Å². The van der Waals surface area contributed by atoms with E-state index in [4.69, 9.17) is 5.73 Å². The molecule has 0 bridgehead atoms. The summed E-state index contributed by atoms with van der Waals surface area (Å²) in [7, 11) is 0. The molecule has 1 heterocycles. The van der Waals surface area contributed by atoms with Crippen molar-refractivity contribution in [2.45, 2.75) is 50.1 Å². The van der Waals surface area contributed by atoms with E-state index >= 15 is 0 Å². The summed E-state index contributed by atoms with van der Waals surface area (Å²) in [5.74, 6) is -0.649. The molecule has 3 rings (SSSR count). The molecular formula is C13H19N3O3. The highest BCUT2D eigenvalue weighted by Crippen LogP contribution is 2.42. The summed E-state index contributed by atoms with van der Waals surface area (Å²) in [6.45, 7) is 0.112. The summed E-state index contributed by atoms with van der Waals surface area (Å²) < 4.78 is 0. The Kier molecular flexibility index (Phi) is 2.85. The van der Waals surface area contributed by atoms with Gasteiger partial charge in [0.25, 0.3) is 0 Å². The molecule has 0 aromatic rings. The topological polar surface area (TPSA) is 92.5 Å². The first-order chi connectivity index (χ1) is 9.03. The van der Waals surface area contributed by atoms with Gasteiger partial charge in [0.05, 0.1) is 6.54 Å². The van der Waals surface area contributed by atoms with Crippen molar-refractivity contribution in [3.63, 3.8) is 0 Å². The summed E-state index contributed by atoms with van der Waals surface area (Å²) in [6.07, 6.45) is 4.43. The second-order valence-electron chi connectivity index (χ2n) is 5.90. The predicted octanol–water partition coefficient (Wildman–Crippen LogP) is -0.479. The summed E-state index contributed by atoms with van der Waals surface area (Å²) in [4.78, 5) is 36.7. The molecule has 3 fully saturated rings. The quantitative estimate of drug-likeness (QED) is 0.634. The van der Waals surface area contributed by atoms with Gasteiger partial charge in [-0.15, -0.1) is 0 Å². The highest BCUT2D eigenvalue weighted by molar-refractivity contribution is 6.02. The molecule has 2 saturated carbocycles. The highest BCUT2D eigenvalue weighted by atomic mass is 16.2. The lowest BCUT2D eigenvalue weighted by molar-refractivity contribution is -0.141. The number of nitrogens with one attached hydrogen (secondary N) is 1. The highest BCUT2D eigenvalue weighted by Gasteiger charge is 2.54. The van der Waals surface area contributed by atoms with Crippen LogP contribution in [-0.4, -0.2) is 40.7 Å². The maximum atomic E-state index is 12.0. The van der Waals surface area contributed by atoms with E-state index in [2.05, 4.69) is 5.32 Å². The number of imide groups is 1. The number of likely N-dealkylation sites (tertiary alicyclic amines) is 1. The number of hydrogen-bond acceptors (Lipinski definition) is 4. The van der Waals surface area contributed by atoms with Crippen LogP contribution >= 0.6 is 0 Å². The summed E-state index contributed by atoms with van der Waals surface area (Å²) in [5, 5.41) is 3.31. The van der Waals surface area contributed by atoms with Gasteiger partial charge < -0.3 is 5.73 Å². The van der Waals surface area contributed by atoms with Gasteiger partial charge in [0.1, 0.15) is 5.54 Å². The van der Waals surface area contributed by atoms with Crippen LogP contribution in [0, 0.1) is 5.92 Å². The van der Waals surface area contributed by atoms with E-state index in [0.717, 1.165) is 25.7 Å². The van der Waals surface area contributed by atoms with Gasteiger partial charge in [-0.3, -0.25) is 24.6 Å². The molecule has 6 nitrogen and oxygen atoms in total. The molecule has 0 aromatic carbocycles. The van der Waals surface area contributed by atoms with Crippen LogP contribution in [0.1, 0.15) is 38.5 Å². The first-order valence-corrected chi connectivity index (χ1v) is 6.94. The van der Waals surface area contributed by atoms with E-state index in [9.17, 15) is 14.4 Å². The van der Waals surface area contributed by atoms with Crippen LogP contribution in [0.15, 0.2) is 0 Å². The Bertz CT molecular complexity index is 426. The zero-order chi connectivity index (χ0) is 13.6. The van der Waals surface area contributed by atoms with Crippen LogP contribution in [0.2, 0.25) is 0 Å². The minimum Gasteiger partial charge on any atom is -0.368 e. The Morgan fingerprint density at radius 1 is 1.21 bits per heavy atom. The Morgan fingerprint density at radius 2 is 1.79 bits per heavy atom. The summed E-state index contributed by atoms with van der Waals surface area (Å²) >= 11 is 0. The lowest BCUT2D eigenvalue weighted by Crippen LogP contribution is -2.64. The maximum Gasteiger partial charge on any atom is 0.239 e. The molecule has 2 aliphatic carbocycles. The second kappa shape index (κ2) is 4.30. The van der Waals surface area contributed by atoms with E-state index in [1.807, 2.05) is 0 Å². The largest absolute Gasteiger partial charge is 0.368 e. The summed E-state index contributed by atoms with van der Waals surface area (Å²) in [6, 6.07) is 0.306. The first-order valence-electron chi connectivity index (χ1n) is 6.94. The van der Waals surface area contributed by atoms with Crippen LogP contribution in [0.25, 0.3) is 0 Å². The van der Waals surface area contributed by atoms with Gasteiger partial charge in [0.2, 0.25) is 17.7 Å². The van der Waals surface area contributed by atoms with Crippen molar-refractivity contribution in [1.29, 1.82) is 0 Å². The van der Waals surface area contributed by atoms with Crippen molar-refractivity contribution < 1.29 is 14.4 Å². The van der Waals surface area contributed by atoms with Crippen molar-refractivity contribution in [1.82, 2.24) is 10.2 Å². The Hall–Kier alpha value is -1.43. The van der Waals surface area contributed by atoms with Gasteiger partial charge in [0, 0.05) is 18.9 Å². The molecule has 3 amide bonds. The maximum absolute atomic E-state index is 12.0. The van der Waals surface area contributed by atoms with Crippen LogP contribution in [0.4, 0.5) is 0 Å². The van der Waals surface area contributed by atoms with E-state index < -0.39 is 11.4 Å². The molecule has 104 valence electrons. The molecule has 0 aromatic heterocycles. The lowest BCUT2D eigenvalue weighted by Gasteiger charge is -2.35. The number of nitrogens with zero attached hydrogens (tertiary/aromatic N) is 1. The number of carbonyl (C=O) groups excluding carboxylic acids is 3. The van der Waals surface area contributed by atoms with Crippen molar-refractivity contribution in [3.8, 4) is 0 Å². The van der Waals surface area contributed by atoms with Crippen LogP contribution in [0.5, 0.6) is 0 Å². The molecule has 1 unspecified atom stereocenters. The standard InChI is InChI=1S/C13H19N3O3/c14-12(19)13(8-1-2-8,15-9-3-4-9)7-16-10(17)5-6-11(16)18/h8-9,15H,1-7H2,(H2,14,19). The minimum atomic E-state index is -0.906. The molecule has 1 atom stereocenters. The number of carbonyl (C=O) groups is 3. The predicted molar refractivity (Wildman–Crippen MR) is 66.8 cm³/mol. The molecule has 1 saturated heterocycles. The molecule has 6 heteroatoms. The molecule has 0 spiro atoms. The molecule has 19 heavy (non-hydrogen) atoms. The fraction of sp³-hybridized carbons (Fsp3) is 0.769. The van der Waals surface area contributed by atoms with Gasteiger partial charge in [-0.2, -0.15) is 0 Å². The van der Waals surface area contributed by atoms with Crippen LogP contribution < -0.4 is 11.1 Å². The molecule has 3 aliphatic rings. The molecule has 3 N–H and O–H groups in total. The van der Waals surface area contributed by atoms with Gasteiger partial charge >= 0.3 is 0 Å². The van der Waals surface area contributed by atoms with E-state index in [1.54, 1.807) is 0 Å². The third kappa shape index (κ3) is 2.25. The first kappa shape index (κ1) is 12.6. The zero-order valence-electron chi connectivity index (χ0n) is 10.9. The Labute approximate surface area is 111 Å². The number of nitrogens with two attached hydrogens (primary N) is 1. The number of hydrogen-bond donors (Lipinski definition) is 2. The molecular weight excluding hydrogens is 246 g/mol. The molecule has 1 aliphatic heterocycles. The SMILES string of the molecule is NC(=O)C(CN1C(=O)CCC1=O)(NC1CC1)C1CC1. The fourth-order valence-electron chi connectivity index (χ4n) is 2.86. The summed E-state index contributed by atoms with van der Waals surface area (Å²) in [5.41, 5.74) is 4.70. The fourth-order valence-corrected chi connectivity index (χ4v) is 2.86. The minimum absolute atomic E-state index is 0.112. The average molecular weight is 265 g/mol. The van der Waals surface area contributed by atoms with E-state index in [-0.39, 0.29) is 37.1 Å². The zero-order valence-corrected chi connectivity index (χ0v) is 10.9. The second-order valence-corrected chi connectivity index (χ2v) is 5.90. The molecule has 0 radical (unpaired) electrons. The van der Waals surface area contributed by atoms with Crippen molar-refractivity contribution in [3.05, 3.63) is 0 Å². The van der Waals surface area contributed by atoms with Crippen LogP contribution in [-0.2, 0) is 14.4 Å². The Morgan fingerprint density at radius 3 is 2.21 bits per heavy atom. The van der Waals surface area contributed by atoms with Crippen molar-refractivity contribution in [2.75, 3.05) is 6.54 Å². The smallest absolute Gasteiger partial charge is 0.239 e. The average Bonchev–Trinajstić information content (AvgIpc) is 3.24. The number of amides is 3. The normalized spacial score (nSPS) is 26.6. The third-order valence-electron chi connectivity index (χ3n) is 4.32. The van der Waals surface area contributed by atoms with Gasteiger partial charge in [0.15, 0.2) is 0 Å². The third-order valence-corrected chi connectivity index (χ3v) is 4.32. The number of rotatable bonds is 6. The van der Waals surface area contributed by atoms with Crippen LogP contribution in [0.3, 0.4) is 0 Å². The van der Waals surface area contributed by atoms with E-state index in [0.29, 0.717) is 6.04 Å². The lowest BCUT2D eigenvalue weighted by atomic mass is 9.91. The van der Waals surface area contributed by atoms with Crippen molar-refractivity contribution in [2.24, 2.45) is 11.7 Å². The number of primary amides is 1. The van der Waals surface area contributed by atoms with Gasteiger partial charge in [-0.25, -0.2) is 0 Å². The Balaban J connectivity index is 1.83. The van der Waals surface area contributed by atoms with Gasteiger partial charge in [-0.05, 0) is 31.6 Å².